The van der Waals surface area contributed by atoms with Gasteiger partial charge in [0.1, 0.15) is 18.5 Å². The molecule has 9 heteroatoms. The standard InChI is InChI=1S/C25H24N4O5/c30-23(31)13-21(24(32)29-12-11-28-10-9-26-22(28)14-29)27-25(33)34-15-20-18-7-3-1-5-16(18)17-6-2-4-8-19(17)20/h1-10,20-21H,11-15H2,(H,27,33)(H,30,31). The van der Waals surface area contributed by atoms with Gasteiger partial charge in [0.15, 0.2) is 0 Å². The summed E-state index contributed by atoms with van der Waals surface area (Å²) >= 11 is 0. The van der Waals surface area contributed by atoms with Crippen LogP contribution in [0.2, 0.25) is 0 Å². The second kappa shape index (κ2) is 9.01. The summed E-state index contributed by atoms with van der Waals surface area (Å²) in [6.07, 6.45) is 2.14. The predicted molar refractivity (Wildman–Crippen MR) is 122 cm³/mol. The van der Waals surface area contributed by atoms with Gasteiger partial charge in [0.25, 0.3) is 0 Å². The number of carbonyl (C=O) groups is 3. The Morgan fingerprint density at radius 2 is 1.74 bits per heavy atom. The van der Waals surface area contributed by atoms with Crippen molar-refractivity contribution in [2.45, 2.75) is 31.5 Å². The number of imidazole rings is 1. The summed E-state index contributed by atoms with van der Waals surface area (Å²) in [5.74, 6) is -1.07. The highest BCUT2D eigenvalue weighted by Crippen LogP contribution is 2.44. The number of carbonyl (C=O) groups excluding carboxylic acids is 2. The largest absolute Gasteiger partial charge is 0.481 e. The van der Waals surface area contributed by atoms with Crippen molar-refractivity contribution < 1.29 is 24.2 Å². The molecule has 2 aliphatic rings. The maximum Gasteiger partial charge on any atom is 0.407 e. The number of nitrogens with zero attached hydrogens (tertiary/aromatic N) is 3. The fourth-order valence-corrected chi connectivity index (χ4v) is 4.74. The van der Waals surface area contributed by atoms with Crippen LogP contribution >= 0.6 is 0 Å². The van der Waals surface area contributed by atoms with Crippen LogP contribution in [0.3, 0.4) is 0 Å². The van der Waals surface area contributed by atoms with Crippen molar-refractivity contribution in [1.82, 2.24) is 19.8 Å². The molecule has 3 aromatic rings. The van der Waals surface area contributed by atoms with E-state index in [-0.39, 0.29) is 19.1 Å². The molecule has 0 saturated heterocycles. The SMILES string of the molecule is O=C(O)CC(NC(=O)OCC1c2ccccc2-c2ccccc21)C(=O)N1CCn2ccnc2C1. The van der Waals surface area contributed by atoms with Gasteiger partial charge >= 0.3 is 12.1 Å². The summed E-state index contributed by atoms with van der Waals surface area (Å²) in [6, 6.07) is 14.7. The van der Waals surface area contributed by atoms with Crippen molar-refractivity contribution in [3.8, 4) is 11.1 Å². The van der Waals surface area contributed by atoms with Gasteiger partial charge < -0.3 is 24.6 Å². The Hall–Kier alpha value is -4.14. The third-order valence-corrected chi connectivity index (χ3v) is 6.37. The van der Waals surface area contributed by atoms with E-state index < -0.39 is 30.4 Å². The molecule has 2 heterocycles. The number of aliphatic carboxylic acids is 1. The molecule has 1 aliphatic carbocycles. The van der Waals surface area contributed by atoms with Crippen LogP contribution < -0.4 is 5.32 Å². The van der Waals surface area contributed by atoms with Crippen LogP contribution in [-0.4, -0.2) is 56.7 Å². The molecule has 0 fully saturated rings. The third-order valence-electron chi connectivity index (χ3n) is 6.37. The summed E-state index contributed by atoms with van der Waals surface area (Å²) in [4.78, 5) is 42.8. The van der Waals surface area contributed by atoms with Crippen LogP contribution in [0.1, 0.15) is 29.3 Å². The van der Waals surface area contributed by atoms with Gasteiger partial charge in [0, 0.05) is 31.4 Å². The van der Waals surface area contributed by atoms with Crippen molar-refractivity contribution in [1.29, 1.82) is 0 Å². The molecule has 9 nitrogen and oxygen atoms in total. The zero-order chi connectivity index (χ0) is 23.7. The summed E-state index contributed by atoms with van der Waals surface area (Å²) in [5, 5.41) is 11.8. The van der Waals surface area contributed by atoms with Crippen LogP contribution in [0.5, 0.6) is 0 Å². The fourth-order valence-electron chi connectivity index (χ4n) is 4.74. The third kappa shape index (κ3) is 4.12. The molecule has 0 radical (unpaired) electrons. The number of nitrogens with one attached hydrogen (secondary N) is 1. The molecule has 34 heavy (non-hydrogen) atoms. The summed E-state index contributed by atoms with van der Waals surface area (Å²) in [5.41, 5.74) is 4.35. The first-order chi connectivity index (χ1) is 16.5. The number of benzene rings is 2. The zero-order valence-corrected chi connectivity index (χ0v) is 18.4. The summed E-state index contributed by atoms with van der Waals surface area (Å²) in [6.45, 7) is 1.31. The van der Waals surface area contributed by atoms with E-state index in [9.17, 15) is 19.5 Å². The molecule has 1 aliphatic heterocycles. The van der Waals surface area contributed by atoms with E-state index in [0.29, 0.717) is 13.1 Å². The maximum absolute atomic E-state index is 13.0. The van der Waals surface area contributed by atoms with Gasteiger partial charge in [-0.15, -0.1) is 0 Å². The first kappa shape index (κ1) is 21.7. The lowest BCUT2D eigenvalue weighted by Gasteiger charge is -2.30. The van der Waals surface area contributed by atoms with Crippen molar-refractivity contribution in [3.63, 3.8) is 0 Å². The topological polar surface area (TPSA) is 114 Å². The van der Waals surface area contributed by atoms with Crippen molar-refractivity contribution in [3.05, 3.63) is 77.9 Å². The minimum atomic E-state index is -1.23. The van der Waals surface area contributed by atoms with Crippen LogP contribution in [0.15, 0.2) is 60.9 Å². The van der Waals surface area contributed by atoms with Crippen molar-refractivity contribution in [2.24, 2.45) is 0 Å². The second-order valence-corrected chi connectivity index (χ2v) is 8.42. The molecule has 1 unspecified atom stereocenters. The van der Waals surface area contributed by atoms with Gasteiger partial charge in [-0.05, 0) is 22.3 Å². The number of rotatable bonds is 6. The maximum atomic E-state index is 13.0. The number of alkyl carbamates (subject to hydrolysis) is 1. The minimum Gasteiger partial charge on any atom is -0.481 e. The number of ether oxygens (including phenoxy) is 1. The highest BCUT2D eigenvalue weighted by molar-refractivity contribution is 5.89. The Morgan fingerprint density at radius 3 is 2.41 bits per heavy atom. The number of carboxylic acids is 1. The van der Waals surface area contributed by atoms with E-state index in [4.69, 9.17) is 4.74 Å². The first-order valence-corrected chi connectivity index (χ1v) is 11.1. The Balaban J connectivity index is 1.26. The molecule has 174 valence electrons. The number of aromatic nitrogens is 2. The van der Waals surface area contributed by atoms with Gasteiger partial charge in [-0.1, -0.05) is 48.5 Å². The number of fused-ring (bicyclic) bond motifs is 4. The van der Waals surface area contributed by atoms with Crippen molar-refractivity contribution >= 4 is 18.0 Å². The Morgan fingerprint density at radius 1 is 1.06 bits per heavy atom. The minimum absolute atomic E-state index is 0.0784. The predicted octanol–water partition coefficient (Wildman–Crippen LogP) is 2.61. The quantitative estimate of drug-likeness (QED) is 0.585. The highest BCUT2D eigenvalue weighted by Gasteiger charge is 2.32. The normalized spacial score (nSPS) is 15.1. The molecule has 1 aromatic heterocycles. The average molecular weight is 460 g/mol. The molecule has 0 spiro atoms. The number of carboxylic acid groups (broad SMARTS) is 1. The Kier molecular flexibility index (Phi) is 5.75. The van der Waals surface area contributed by atoms with E-state index in [1.807, 2.05) is 59.3 Å². The van der Waals surface area contributed by atoms with E-state index in [0.717, 1.165) is 28.1 Å². The zero-order valence-electron chi connectivity index (χ0n) is 18.4. The average Bonchev–Trinajstić information content (AvgIpc) is 3.43. The molecule has 2 amide bonds. The van der Waals surface area contributed by atoms with E-state index >= 15 is 0 Å². The van der Waals surface area contributed by atoms with E-state index in [1.54, 1.807) is 6.20 Å². The molecule has 1 atom stereocenters. The molecule has 0 bridgehead atoms. The van der Waals surface area contributed by atoms with Gasteiger partial charge in [-0.3, -0.25) is 9.59 Å². The van der Waals surface area contributed by atoms with E-state index in [1.165, 1.54) is 4.90 Å². The smallest absolute Gasteiger partial charge is 0.407 e. The van der Waals surface area contributed by atoms with Crippen molar-refractivity contribution in [2.75, 3.05) is 13.2 Å². The number of hydrogen-bond acceptors (Lipinski definition) is 5. The molecule has 0 saturated carbocycles. The van der Waals surface area contributed by atoms with Gasteiger partial charge in [0.2, 0.25) is 5.91 Å². The van der Waals surface area contributed by atoms with Gasteiger partial charge in [-0.25, -0.2) is 9.78 Å². The Bertz CT molecular complexity index is 1210. The first-order valence-electron chi connectivity index (χ1n) is 11.1. The molecular weight excluding hydrogens is 436 g/mol. The van der Waals surface area contributed by atoms with E-state index in [2.05, 4.69) is 10.3 Å². The highest BCUT2D eigenvalue weighted by atomic mass is 16.5. The van der Waals surface area contributed by atoms with Gasteiger partial charge in [0.05, 0.1) is 13.0 Å². The lowest BCUT2D eigenvalue weighted by atomic mass is 9.98. The molecule has 2 aromatic carbocycles. The lowest BCUT2D eigenvalue weighted by Crippen LogP contribution is -2.51. The fraction of sp³-hybridized carbons (Fsp3) is 0.280. The molecular formula is C25H24N4O5. The number of hydrogen-bond donors (Lipinski definition) is 2. The van der Waals surface area contributed by atoms with Gasteiger partial charge in [-0.2, -0.15) is 0 Å². The number of amides is 2. The van der Waals surface area contributed by atoms with Crippen LogP contribution in [0, 0.1) is 0 Å². The Labute approximate surface area is 196 Å². The summed E-state index contributed by atoms with van der Waals surface area (Å²) < 4.78 is 7.44. The monoisotopic (exact) mass is 460 g/mol. The van der Waals surface area contributed by atoms with Crippen LogP contribution in [0.25, 0.3) is 11.1 Å². The lowest BCUT2D eigenvalue weighted by molar-refractivity contribution is -0.143. The van der Waals surface area contributed by atoms with Crippen LogP contribution in [-0.2, 0) is 27.4 Å². The molecule has 5 rings (SSSR count). The summed E-state index contributed by atoms with van der Waals surface area (Å²) in [7, 11) is 0. The molecule has 2 N–H and O–H groups in total. The second-order valence-electron chi connectivity index (χ2n) is 8.42. The van der Waals surface area contributed by atoms with Crippen LogP contribution in [0.4, 0.5) is 4.79 Å².